The van der Waals surface area contributed by atoms with Gasteiger partial charge in [-0.15, -0.1) is 0 Å². The van der Waals surface area contributed by atoms with Gasteiger partial charge in [0.2, 0.25) is 0 Å². The number of hydrogen-bond donors (Lipinski definition) is 2. The van der Waals surface area contributed by atoms with Gasteiger partial charge in [-0.3, -0.25) is 0 Å². The lowest BCUT2D eigenvalue weighted by molar-refractivity contribution is 0.0372. The number of rotatable bonds is 3. The number of anilines is 1. The Morgan fingerprint density at radius 2 is 2.11 bits per heavy atom. The summed E-state index contributed by atoms with van der Waals surface area (Å²) in [5, 5.41) is 6.86. The third-order valence-electron chi connectivity index (χ3n) is 3.89. The topological polar surface area (TPSA) is 33.3 Å². The average Bonchev–Trinajstić information content (AvgIpc) is 2.46. The second-order valence-corrected chi connectivity index (χ2v) is 5.27. The molecule has 1 aliphatic heterocycles. The molecule has 1 heterocycles. The first-order chi connectivity index (χ1) is 8.92. The highest BCUT2D eigenvalue weighted by atomic mass is 16.5. The highest BCUT2D eigenvalue weighted by molar-refractivity contribution is 5.49. The lowest BCUT2D eigenvalue weighted by Crippen LogP contribution is -2.42. The van der Waals surface area contributed by atoms with Crippen molar-refractivity contribution in [2.45, 2.75) is 31.8 Å². The quantitative estimate of drug-likeness (QED) is 0.855. The van der Waals surface area contributed by atoms with Crippen molar-refractivity contribution in [3.63, 3.8) is 0 Å². The Balaban J connectivity index is 1.58. The molecular formula is C15H22N2O. The van der Waals surface area contributed by atoms with Crippen molar-refractivity contribution in [3.8, 4) is 0 Å². The van der Waals surface area contributed by atoms with Gasteiger partial charge in [0.25, 0.3) is 0 Å². The molecule has 98 valence electrons. The zero-order valence-electron chi connectivity index (χ0n) is 10.9. The highest BCUT2D eigenvalue weighted by Gasteiger charge is 2.13. The number of aryl methyl sites for hydroxylation is 2. The van der Waals surface area contributed by atoms with Crippen molar-refractivity contribution in [2.75, 3.05) is 31.6 Å². The molecule has 0 radical (unpaired) electrons. The second-order valence-electron chi connectivity index (χ2n) is 5.27. The van der Waals surface area contributed by atoms with Crippen LogP contribution in [0.5, 0.6) is 0 Å². The summed E-state index contributed by atoms with van der Waals surface area (Å²) in [7, 11) is 0. The smallest absolute Gasteiger partial charge is 0.0872 e. The van der Waals surface area contributed by atoms with Gasteiger partial charge < -0.3 is 15.4 Å². The van der Waals surface area contributed by atoms with Crippen LogP contribution < -0.4 is 10.6 Å². The van der Waals surface area contributed by atoms with Crippen molar-refractivity contribution in [1.82, 2.24) is 5.32 Å². The van der Waals surface area contributed by atoms with Crippen molar-refractivity contribution in [1.29, 1.82) is 0 Å². The van der Waals surface area contributed by atoms with Gasteiger partial charge in [-0.1, -0.05) is 6.07 Å². The van der Waals surface area contributed by atoms with E-state index in [1.165, 1.54) is 36.9 Å². The van der Waals surface area contributed by atoms with Crippen molar-refractivity contribution >= 4 is 5.69 Å². The van der Waals surface area contributed by atoms with Gasteiger partial charge >= 0.3 is 0 Å². The van der Waals surface area contributed by atoms with Crippen molar-refractivity contribution in [2.24, 2.45) is 0 Å². The van der Waals surface area contributed by atoms with E-state index in [1.54, 1.807) is 5.56 Å². The fourth-order valence-corrected chi connectivity index (χ4v) is 2.83. The van der Waals surface area contributed by atoms with Gasteiger partial charge in [-0.05, 0) is 48.9 Å². The van der Waals surface area contributed by atoms with Crippen LogP contribution in [0, 0.1) is 0 Å². The molecule has 1 aromatic rings. The van der Waals surface area contributed by atoms with Crippen LogP contribution in [-0.4, -0.2) is 32.3 Å². The van der Waals surface area contributed by atoms with Crippen LogP contribution in [0.1, 0.15) is 24.0 Å². The number of nitrogens with one attached hydrogen (secondary N) is 2. The number of hydrogen-bond acceptors (Lipinski definition) is 3. The van der Waals surface area contributed by atoms with Crippen LogP contribution >= 0.6 is 0 Å². The number of ether oxygens (including phenoxy) is 1. The lowest BCUT2D eigenvalue weighted by Gasteiger charge is -2.24. The summed E-state index contributed by atoms with van der Waals surface area (Å²) in [5.74, 6) is 0. The summed E-state index contributed by atoms with van der Waals surface area (Å²) in [6.45, 7) is 3.66. The van der Waals surface area contributed by atoms with Gasteiger partial charge in [-0.25, -0.2) is 0 Å². The molecule has 0 spiro atoms. The Labute approximate surface area is 109 Å². The number of benzene rings is 1. The molecule has 3 rings (SSSR count). The number of fused-ring (bicyclic) bond motifs is 1. The molecule has 3 nitrogen and oxygen atoms in total. The average molecular weight is 246 g/mol. The molecule has 18 heavy (non-hydrogen) atoms. The molecule has 0 bridgehead atoms. The second kappa shape index (κ2) is 5.72. The molecule has 0 amide bonds. The Kier molecular flexibility index (Phi) is 3.81. The van der Waals surface area contributed by atoms with E-state index in [4.69, 9.17) is 4.74 Å². The van der Waals surface area contributed by atoms with Crippen LogP contribution in [0.25, 0.3) is 0 Å². The van der Waals surface area contributed by atoms with E-state index in [0.717, 1.165) is 26.2 Å². The maximum atomic E-state index is 5.69. The summed E-state index contributed by atoms with van der Waals surface area (Å²) in [4.78, 5) is 0. The minimum absolute atomic E-state index is 0.301. The molecule has 1 saturated heterocycles. The van der Waals surface area contributed by atoms with Crippen LogP contribution in [0.4, 0.5) is 5.69 Å². The summed E-state index contributed by atoms with van der Waals surface area (Å²) in [5.41, 5.74) is 4.32. The van der Waals surface area contributed by atoms with Gasteiger partial charge in [0.15, 0.2) is 0 Å². The Morgan fingerprint density at radius 1 is 1.22 bits per heavy atom. The molecule has 0 aromatic heterocycles. The van der Waals surface area contributed by atoms with Crippen molar-refractivity contribution < 1.29 is 4.74 Å². The van der Waals surface area contributed by atoms with Gasteiger partial charge in [0, 0.05) is 25.3 Å². The van der Waals surface area contributed by atoms with Crippen LogP contribution in [-0.2, 0) is 17.6 Å². The number of morpholine rings is 1. The minimum atomic E-state index is 0.301. The largest absolute Gasteiger partial charge is 0.382 e. The predicted octanol–water partition coefficient (Wildman–Crippen LogP) is 1.97. The molecule has 0 saturated carbocycles. The molecule has 2 N–H and O–H groups in total. The van der Waals surface area contributed by atoms with E-state index in [1.807, 2.05) is 0 Å². The van der Waals surface area contributed by atoms with E-state index in [2.05, 4.69) is 28.8 Å². The maximum absolute atomic E-state index is 5.69. The predicted molar refractivity (Wildman–Crippen MR) is 74.2 cm³/mol. The minimum Gasteiger partial charge on any atom is -0.382 e. The first-order valence-electron chi connectivity index (χ1n) is 7.10. The van der Waals surface area contributed by atoms with Crippen LogP contribution in [0.3, 0.4) is 0 Å². The summed E-state index contributed by atoms with van der Waals surface area (Å²) in [6, 6.07) is 6.82. The first-order valence-corrected chi connectivity index (χ1v) is 7.10. The van der Waals surface area contributed by atoms with Gasteiger partial charge in [-0.2, -0.15) is 0 Å². The van der Waals surface area contributed by atoms with E-state index >= 15 is 0 Å². The van der Waals surface area contributed by atoms with E-state index in [9.17, 15) is 0 Å². The highest BCUT2D eigenvalue weighted by Crippen LogP contribution is 2.24. The Hall–Kier alpha value is -1.06. The molecule has 1 aromatic carbocycles. The Morgan fingerprint density at radius 3 is 2.94 bits per heavy atom. The third-order valence-corrected chi connectivity index (χ3v) is 3.89. The maximum Gasteiger partial charge on any atom is 0.0872 e. The summed E-state index contributed by atoms with van der Waals surface area (Å²) in [6.07, 6.45) is 5.49. The molecular weight excluding hydrogens is 224 g/mol. The summed E-state index contributed by atoms with van der Waals surface area (Å²) < 4.78 is 5.69. The van der Waals surface area contributed by atoms with Gasteiger partial charge in [0.05, 0.1) is 12.7 Å². The SMILES string of the molecule is c1cc2c(cc1NCC1CNCCO1)CCCC2. The standard InChI is InChI=1S/C15H22N2O/c1-2-4-13-9-14(6-5-12(13)3-1)17-11-15-10-16-7-8-18-15/h5-6,9,15-17H,1-4,7-8,10-11H2. The molecule has 2 aliphatic rings. The molecule has 1 fully saturated rings. The zero-order valence-corrected chi connectivity index (χ0v) is 10.9. The van der Waals surface area contributed by atoms with E-state index < -0.39 is 0 Å². The fraction of sp³-hybridized carbons (Fsp3) is 0.600. The van der Waals surface area contributed by atoms with Crippen LogP contribution in [0.2, 0.25) is 0 Å². The first kappa shape index (κ1) is 12.0. The van der Waals surface area contributed by atoms with E-state index in [0.29, 0.717) is 6.10 Å². The van der Waals surface area contributed by atoms with Gasteiger partial charge in [0.1, 0.15) is 0 Å². The molecule has 3 heteroatoms. The monoisotopic (exact) mass is 246 g/mol. The molecule has 1 aliphatic carbocycles. The fourth-order valence-electron chi connectivity index (χ4n) is 2.83. The zero-order chi connectivity index (χ0) is 12.2. The lowest BCUT2D eigenvalue weighted by atomic mass is 9.91. The van der Waals surface area contributed by atoms with Crippen LogP contribution in [0.15, 0.2) is 18.2 Å². The summed E-state index contributed by atoms with van der Waals surface area (Å²) >= 11 is 0. The molecule has 1 unspecified atom stereocenters. The normalized spacial score (nSPS) is 23.4. The van der Waals surface area contributed by atoms with E-state index in [-0.39, 0.29) is 0 Å². The third kappa shape index (κ3) is 2.85. The molecule has 1 atom stereocenters. The Bertz CT molecular complexity index is 399. The van der Waals surface area contributed by atoms with Crippen molar-refractivity contribution in [3.05, 3.63) is 29.3 Å².